The Bertz CT molecular complexity index is 661. The average molecular weight is 296 g/mol. The third-order valence-corrected chi connectivity index (χ3v) is 5.29. The number of rotatable bonds is 3. The second-order valence-electron chi connectivity index (χ2n) is 6.58. The fourth-order valence-corrected chi connectivity index (χ4v) is 4.14. The lowest BCUT2D eigenvalue weighted by Gasteiger charge is -2.36. The molecule has 3 nitrogen and oxygen atoms in total. The van der Waals surface area contributed by atoms with Crippen molar-refractivity contribution in [2.24, 2.45) is 0 Å². The molecule has 3 heteroatoms. The van der Waals surface area contributed by atoms with Gasteiger partial charge in [0.2, 0.25) is 0 Å². The quantitative estimate of drug-likeness (QED) is 0.855. The van der Waals surface area contributed by atoms with Crippen LogP contribution in [-0.2, 0) is 25.8 Å². The van der Waals surface area contributed by atoms with Crippen LogP contribution in [0.1, 0.15) is 60.4 Å². The minimum Gasteiger partial charge on any atom is -0.361 e. The molecule has 22 heavy (non-hydrogen) atoms. The van der Waals surface area contributed by atoms with Crippen LogP contribution in [0, 0.1) is 0 Å². The van der Waals surface area contributed by atoms with E-state index in [-0.39, 0.29) is 0 Å². The van der Waals surface area contributed by atoms with Crippen LogP contribution in [0.2, 0.25) is 0 Å². The Kier molecular flexibility index (Phi) is 3.75. The van der Waals surface area contributed by atoms with E-state index in [0.29, 0.717) is 6.04 Å². The Morgan fingerprint density at radius 1 is 1.18 bits per heavy atom. The van der Waals surface area contributed by atoms with Gasteiger partial charge in [-0.05, 0) is 43.2 Å². The molecule has 2 aromatic rings. The van der Waals surface area contributed by atoms with E-state index < -0.39 is 0 Å². The molecule has 1 aromatic heterocycles. The zero-order valence-electron chi connectivity index (χ0n) is 13.3. The van der Waals surface area contributed by atoms with Gasteiger partial charge in [-0.2, -0.15) is 0 Å². The topological polar surface area (TPSA) is 29.3 Å². The summed E-state index contributed by atoms with van der Waals surface area (Å²) < 4.78 is 5.59. The predicted octanol–water partition coefficient (Wildman–Crippen LogP) is 4.06. The fraction of sp³-hybridized carbons (Fsp3) is 0.526. The highest BCUT2D eigenvalue weighted by Gasteiger charge is 2.28. The van der Waals surface area contributed by atoms with Crippen LogP contribution in [0.15, 0.2) is 28.8 Å². The van der Waals surface area contributed by atoms with Crippen molar-refractivity contribution < 1.29 is 4.52 Å². The largest absolute Gasteiger partial charge is 0.361 e. The monoisotopic (exact) mass is 296 g/mol. The van der Waals surface area contributed by atoms with Gasteiger partial charge in [-0.25, -0.2) is 0 Å². The molecule has 1 atom stereocenters. The molecular formula is C19H24N2O. The number of nitrogens with zero attached hydrogens (tertiary/aromatic N) is 2. The summed E-state index contributed by atoms with van der Waals surface area (Å²) >= 11 is 0. The number of benzene rings is 1. The highest BCUT2D eigenvalue weighted by Crippen LogP contribution is 2.34. The van der Waals surface area contributed by atoms with Crippen LogP contribution in [0.5, 0.6) is 0 Å². The van der Waals surface area contributed by atoms with E-state index in [1.165, 1.54) is 35.2 Å². The molecule has 1 aliphatic carbocycles. The van der Waals surface area contributed by atoms with E-state index in [0.717, 1.165) is 44.5 Å². The van der Waals surface area contributed by atoms with E-state index in [4.69, 9.17) is 4.52 Å². The summed E-state index contributed by atoms with van der Waals surface area (Å²) in [6, 6.07) is 9.43. The molecule has 1 aliphatic heterocycles. The van der Waals surface area contributed by atoms with Gasteiger partial charge in [0.15, 0.2) is 0 Å². The van der Waals surface area contributed by atoms with Gasteiger partial charge < -0.3 is 4.52 Å². The van der Waals surface area contributed by atoms with Crippen molar-refractivity contribution in [3.63, 3.8) is 0 Å². The normalized spacial score (nSPS) is 21.4. The zero-order valence-corrected chi connectivity index (χ0v) is 13.3. The molecule has 0 saturated heterocycles. The Labute approximate surface area is 132 Å². The van der Waals surface area contributed by atoms with Crippen LogP contribution < -0.4 is 0 Å². The first kappa shape index (κ1) is 14.0. The van der Waals surface area contributed by atoms with E-state index >= 15 is 0 Å². The minimum atomic E-state index is 0.515. The number of hydrogen-bond acceptors (Lipinski definition) is 3. The van der Waals surface area contributed by atoms with Gasteiger partial charge >= 0.3 is 0 Å². The molecule has 2 aliphatic rings. The van der Waals surface area contributed by atoms with Crippen molar-refractivity contribution in [3.05, 3.63) is 52.4 Å². The predicted molar refractivity (Wildman–Crippen MR) is 86.7 cm³/mol. The maximum atomic E-state index is 5.59. The molecule has 1 aromatic carbocycles. The van der Waals surface area contributed by atoms with Gasteiger partial charge in [-0.3, -0.25) is 4.90 Å². The second-order valence-corrected chi connectivity index (χ2v) is 6.58. The lowest BCUT2D eigenvalue weighted by Crippen LogP contribution is -2.35. The van der Waals surface area contributed by atoms with E-state index in [1.807, 2.05) is 0 Å². The van der Waals surface area contributed by atoms with Crippen molar-refractivity contribution in [2.75, 3.05) is 6.54 Å². The number of fused-ring (bicyclic) bond motifs is 2. The van der Waals surface area contributed by atoms with Crippen molar-refractivity contribution in [2.45, 2.75) is 58.0 Å². The third-order valence-electron chi connectivity index (χ3n) is 5.29. The average Bonchev–Trinajstić information content (AvgIpc) is 2.98. The fourth-order valence-electron chi connectivity index (χ4n) is 4.14. The van der Waals surface area contributed by atoms with Crippen LogP contribution in [0.25, 0.3) is 0 Å². The van der Waals surface area contributed by atoms with Crippen molar-refractivity contribution >= 4 is 0 Å². The van der Waals surface area contributed by atoms with Gasteiger partial charge in [0, 0.05) is 31.1 Å². The lowest BCUT2D eigenvalue weighted by atomic mass is 9.90. The SMILES string of the molecule is CCC1c2ccccc2CCN1Cc1noc2c1CCCC2. The van der Waals surface area contributed by atoms with Gasteiger partial charge in [0.05, 0.1) is 0 Å². The number of hydrogen-bond donors (Lipinski definition) is 0. The van der Waals surface area contributed by atoms with E-state index in [2.05, 4.69) is 41.2 Å². The van der Waals surface area contributed by atoms with E-state index in [9.17, 15) is 0 Å². The Morgan fingerprint density at radius 2 is 2.05 bits per heavy atom. The Balaban J connectivity index is 1.60. The van der Waals surface area contributed by atoms with Crippen LogP contribution >= 0.6 is 0 Å². The summed E-state index contributed by atoms with van der Waals surface area (Å²) in [7, 11) is 0. The molecule has 0 bridgehead atoms. The summed E-state index contributed by atoms with van der Waals surface area (Å²) in [5.74, 6) is 1.15. The molecule has 0 fully saturated rings. The van der Waals surface area contributed by atoms with Gasteiger partial charge in [0.1, 0.15) is 11.5 Å². The molecule has 0 N–H and O–H groups in total. The molecule has 2 heterocycles. The smallest absolute Gasteiger partial charge is 0.140 e. The lowest BCUT2D eigenvalue weighted by molar-refractivity contribution is 0.166. The Hall–Kier alpha value is -1.61. The van der Waals surface area contributed by atoms with Crippen molar-refractivity contribution in [1.29, 1.82) is 0 Å². The molecular weight excluding hydrogens is 272 g/mol. The maximum Gasteiger partial charge on any atom is 0.140 e. The molecule has 0 radical (unpaired) electrons. The van der Waals surface area contributed by atoms with Crippen molar-refractivity contribution in [1.82, 2.24) is 10.1 Å². The van der Waals surface area contributed by atoms with Crippen LogP contribution in [-0.4, -0.2) is 16.6 Å². The van der Waals surface area contributed by atoms with E-state index in [1.54, 1.807) is 0 Å². The summed E-state index contributed by atoms with van der Waals surface area (Å²) in [4.78, 5) is 2.59. The first-order valence-electron chi connectivity index (χ1n) is 8.65. The molecule has 0 amide bonds. The molecule has 0 saturated carbocycles. The third kappa shape index (κ3) is 2.38. The summed E-state index contributed by atoms with van der Waals surface area (Å²) in [6.45, 7) is 4.35. The zero-order chi connectivity index (χ0) is 14.9. The Morgan fingerprint density at radius 3 is 2.95 bits per heavy atom. The first-order chi connectivity index (χ1) is 10.9. The molecule has 4 rings (SSSR count). The standard InChI is InChI=1S/C19H24N2O/c1-2-18-15-8-4-3-7-14(15)11-12-21(18)13-17-16-9-5-6-10-19(16)22-20-17/h3-4,7-8,18H,2,5-6,9-13H2,1H3. The molecule has 116 valence electrons. The molecule has 1 unspecified atom stereocenters. The van der Waals surface area contributed by atoms with Crippen LogP contribution in [0.4, 0.5) is 0 Å². The number of aryl methyl sites for hydroxylation is 1. The molecule has 0 spiro atoms. The van der Waals surface area contributed by atoms with Gasteiger partial charge in [-0.15, -0.1) is 0 Å². The highest BCUT2D eigenvalue weighted by atomic mass is 16.5. The van der Waals surface area contributed by atoms with Crippen LogP contribution in [0.3, 0.4) is 0 Å². The second kappa shape index (κ2) is 5.88. The first-order valence-corrected chi connectivity index (χ1v) is 8.65. The summed E-state index contributed by atoms with van der Waals surface area (Å²) in [6.07, 6.45) is 7.04. The summed E-state index contributed by atoms with van der Waals surface area (Å²) in [5, 5.41) is 4.40. The minimum absolute atomic E-state index is 0.515. The van der Waals surface area contributed by atoms with Gasteiger partial charge in [-0.1, -0.05) is 36.3 Å². The summed E-state index contributed by atoms with van der Waals surface area (Å²) in [5.41, 5.74) is 5.62. The van der Waals surface area contributed by atoms with Crippen molar-refractivity contribution in [3.8, 4) is 0 Å². The number of aromatic nitrogens is 1. The maximum absolute atomic E-state index is 5.59. The van der Waals surface area contributed by atoms with Gasteiger partial charge in [0.25, 0.3) is 0 Å². The highest BCUT2D eigenvalue weighted by molar-refractivity contribution is 5.33.